The molecule has 1 fully saturated rings. The molecule has 1 aliphatic heterocycles. The summed E-state index contributed by atoms with van der Waals surface area (Å²) in [5.74, 6) is 1.08. The number of pyridine rings is 1. The molecular formula is C13H22N4. The fraction of sp³-hybridized carbons (Fsp3) is 0.615. The first-order valence-electron chi connectivity index (χ1n) is 6.19. The van der Waals surface area contributed by atoms with Crippen LogP contribution >= 0.6 is 0 Å². The van der Waals surface area contributed by atoms with Gasteiger partial charge >= 0.3 is 0 Å². The second-order valence-corrected chi connectivity index (χ2v) is 4.99. The number of rotatable bonds is 3. The van der Waals surface area contributed by atoms with Crippen molar-refractivity contribution in [2.24, 2.45) is 5.73 Å². The van der Waals surface area contributed by atoms with E-state index in [2.05, 4.69) is 34.9 Å². The molecule has 2 heterocycles. The Kier molecular flexibility index (Phi) is 3.64. The van der Waals surface area contributed by atoms with Crippen molar-refractivity contribution in [1.82, 2.24) is 9.88 Å². The predicted molar refractivity (Wildman–Crippen MR) is 71.2 cm³/mol. The predicted octanol–water partition coefficient (Wildman–Crippen LogP) is 0.989. The normalized spacial score (nSPS) is 20.3. The molecule has 4 heteroatoms. The number of hydrogen-bond acceptors (Lipinski definition) is 4. The standard InChI is InChI=1S/C13H22N4/c1-10-4-5-11(8-14)13(15-10)17-7-6-12(9-17)16(2)3/h4-5,12H,6-9,14H2,1-3H3. The minimum absolute atomic E-state index is 0.561. The van der Waals surface area contributed by atoms with E-state index in [-0.39, 0.29) is 0 Å². The minimum atomic E-state index is 0.561. The molecule has 0 amide bonds. The summed E-state index contributed by atoms with van der Waals surface area (Å²) in [4.78, 5) is 9.30. The fourth-order valence-electron chi connectivity index (χ4n) is 2.36. The van der Waals surface area contributed by atoms with Crippen LogP contribution in [0.15, 0.2) is 12.1 Å². The van der Waals surface area contributed by atoms with Gasteiger partial charge in [-0.2, -0.15) is 0 Å². The Morgan fingerprint density at radius 2 is 2.24 bits per heavy atom. The van der Waals surface area contributed by atoms with E-state index in [1.807, 2.05) is 13.0 Å². The maximum atomic E-state index is 5.79. The van der Waals surface area contributed by atoms with Gasteiger partial charge in [-0.25, -0.2) is 4.98 Å². The fourth-order valence-corrected chi connectivity index (χ4v) is 2.36. The summed E-state index contributed by atoms with van der Waals surface area (Å²) >= 11 is 0. The van der Waals surface area contributed by atoms with Crippen LogP contribution in [0.5, 0.6) is 0 Å². The van der Waals surface area contributed by atoms with E-state index in [1.54, 1.807) is 0 Å². The van der Waals surface area contributed by atoms with Gasteiger partial charge < -0.3 is 15.5 Å². The highest BCUT2D eigenvalue weighted by Crippen LogP contribution is 2.24. The van der Waals surface area contributed by atoms with Crippen molar-refractivity contribution in [3.8, 4) is 0 Å². The van der Waals surface area contributed by atoms with Crippen molar-refractivity contribution in [3.63, 3.8) is 0 Å². The highest BCUT2D eigenvalue weighted by molar-refractivity contribution is 5.49. The van der Waals surface area contributed by atoms with Gasteiger partial charge in [0.2, 0.25) is 0 Å². The quantitative estimate of drug-likeness (QED) is 0.847. The topological polar surface area (TPSA) is 45.4 Å². The van der Waals surface area contributed by atoms with E-state index in [0.717, 1.165) is 30.2 Å². The first-order chi connectivity index (χ1) is 8.11. The van der Waals surface area contributed by atoms with Gasteiger partial charge in [0.25, 0.3) is 0 Å². The average Bonchev–Trinajstić information content (AvgIpc) is 2.78. The molecule has 0 aromatic carbocycles. The second-order valence-electron chi connectivity index (χ2n) is 4.99. The van der Waals surface area contributed by atoms with Gasteiger partial charge in [-0.05, 0) is 33.5 Å². The molecule has 1 atom stereocenters. The van der Waals surface area contributed by atoms with Crippen molar-refractivity contribution in [3.05, 3.63) is 23.4 Å². The van der Waals surface area contributed by atoms with Crippen LogP contribution in [0.2, 0.25) is 0 Å². The molecule has 17 heavy (non-hydrogen) atoms. The molecule has 1 aliphatic rings. The molecule has 0 spiro atoms. The summed E-state index contributed by atoms with van der Waals surface area (Å²) in [5.41, 5.74) is 7.99. The third-order valence-electron chi connectivity index (χ3n) is 3.51. The highest BCUT2D eigenvalue weighted by atomic mass is 15.3. The molecule has 0 radical (unpaired) electrons. The van der Waals surface area contributed by atoms with Crippen LogP contribution in [0, 0.1) is 6.92 Å². The molecule has 0 bridgehead atoms. The number of likely N-dealkylation sites (N-methyl/N-ethyl adjacent to an activating group) is 1. The first kappa shape index (κ1) is 12.3. The van der Waals surface area contributed by atoms with Gasteiger partial charge in [0, 0.05) is 36.9 Å². The zero-order chi connectivity index (χ0) is 12.4. The van der Waals surface area contributed by atoms with E-state index < -0.39 is 0 Å². The van der Waals surface area contributed by atoms with Crippen molar-refractivity contribution in [1.29, 1.82) is 0 Å². The lowest BCUT2D eigenvalue weighted by Crippen LogP contribution is -2.32. The summed E-state index contributed by atoms with van der Waals surface area (Å²) in [7, 11) is 4.28. The molecule has 1 aromatic rings. The molecule has 0 aliphatic carbocycles. The van der Waals surface area contributed by atoms with Gasteiger partial charge in [0.05, 0.1) is 0 Å². The Hall–Kier alpha value is -1.13. The monoisotopic (exact) mass is 234 g/mol. The Labute approximate surface area is 103 Å². The van der Waals surface area contributed by atoms with E-state index in [4.69, 9.17) is 5.73 Å². The zero-order valence-corrected chi connectivity index (χ0v) is 11.0. The van der Waals surface area contributed by atoms with Crippen LogP contribution < -0.4 is 10.6 Å². The molecule has 2 N–H and O–H groups in total. The molecule has 94 valence electrons. The van der Waals surface area contributed by atoms with Gasteiger partial charge in [-0.15, -0.1) is 0 Å². The van der Waals surface area contributed by atoms with Gasteiger partial charge in [0.1, 0.15) is 5.82 Å². The van der Waals surface area contributed by atoms with Crippen molar-refractivity contribution < 1.29 is 0 Å². The molecule has 4 nitrogen and oxygen atoms in total. The Bertz CT molecular complexity index is 389. The van der Waals surface area contributed by atoms with Gasteiger partial charge in [0.15, 0.2) is 0 Å². The van der Waals surface area contributed by atoms with Crippen molar-refractivity contribution >= 4 is 5.82 Å². The molecule has 2 rings (SSSR count). The SMILES string of the molecule is Cc1ccc(CN)c(N2CCC(N(C)C)C2)n1. The van der Waals surface area contributed by atoms with Crippen molar-refractivity contribution in [2.75, 3.05) is 32.1 Å². The number of aryl methyl sites for hydroxylation is 1. The van der Waals surface area contributed by atoms with Crippen LogP contribution in [0.25, 0.3) is 0 Å². The zero-order valence-electron chi connectivity index (χ0n) is 11.0. The largest absolute Gasteiger partial charge is 0.355 e. The maximum absolute atomic E-state index is 5.79. The van der Waals surface area contributed by atoms with Gasteiger partial charge in [-0.1, -0.05) is 6.07 Å². The Morgan fingerprint density at radius 1 is 1.47 bits per heavy atom. The number of aromatic nitrogens is 1. The molecule has 0 saturated carbocycles. The Balaban J connectivity index is 2.20. The number of anilines is 1. The van der Waals surface area contributed by atoms with Crippen LogP contribution in [0.3, 0.4) is 0 Å². The average molecular weight is 234 g/mol. The van der Waals surface area contributed by atoms with E-state index >= 15 is 0 Å². The second kappa shape index (κ2) is 5.02. The number of nitrogens with zero attached hydrogens (tertiary/aromatic N) is 3. The highest BCUT2D eigenvalue weighted by Gasteiger charge is 2.26. The molecule has 1 unspecified atom stereocenters. The van der Waals surface area contributed by atoms with E-state index in [9.17, 15) is 0 Å². The summed E-state index contributed by atoms with van der Waals surface area (Å²) < 4.78 is 0. The molecule has 1 aromatic heterocycles. The third-order valence-corrected chi connectivity index (χ3v) is 3.51. The molecule has 1 saturated heterocycles. The summed E-state index contributed by atoms with van der Waals surface area (Å²) in [6.45, 7) is 4.72. The summed E-state index contributed by atoms with van der Waals surface area (Å²) in [6, 6.07) is 4.76. The lowest BCUT2D eigenvalue weighted by Gasteiger charge is -2.23. The van der Waals surface area contributed by atoms with Crippen molar-refractivity contribution in [2.45, 2.75) is 25.9 Å². The van der Waals surface area contributed by atoms with Crippen LogP contribution in [0.4, 0.5) is 5.82 Å². The molecular weight excluding hydrogens is 212 g/mol. The number of hydrogen-bond donors (Lipinski definition) is 1. The van der Waals surface area contributed by atoms with Gasteiger partial charge in [-0.3, -0.25) is 0 Å². The number of nitrogens with two attached hydrogens (primary N) is 1. The maximum Gasteiger partial charge on any atom is 0.133 e. The lowest BCUT2D eigenvalue weighted by atomic mass is 10.2. The lowest BCUT2D eigenvalue weighted by molar-refractivity contribution is 0.315. The van der Waals surface area contributed by atoms with E-state index in [1.165, 1.54) is 6.42 Å². The first-order valence-corrected chi connectivity index (χ1v) is 6.19. The summed E-state index contributed by atoms with van der Waals surface area (Å²) in [6.07, 6.45) is 1.20. The smallest absolute Gasteiger partial charge is 0.133 e. The van der Waals surface area contributed by atoms with Crippen LogP contribution in [0.1, 0.15) is 17.7 Å². The summed E-state index contributed by atoms with van der Waals surface area (Å²) in [5, 5.41) is 0. The van der Waals surface area contributed by atoms with E-state index in [0.29, 0.717) is 12.6 Å². The Morgan fingerprint density at radius 3 is 2.82 bits per heavy atom. The third kappa shape index (κ3) is 2.58. The van der Waals surface area contributed by atoms with Crippen LogP contribution in [-0.2, 0) is 6.54 Å². The van der Waals surface area contributed by atoms with Crippen LogP contribution in [-0.4, -0.2) is 43.1 Å². The minimum Gasteiger partial charge on any atom is -0.355 e.